The molecular weight excluding hydrogens is 374 g/mol. The summed E-state index contributed by atoms with van der Waals surface area (Å²) in [4.78, 5) is 14.5. The first-order chi connectivity index (χ1) is 12.4. The van der Waals surface area contributed by atoms with Gasteiger partial charge in [0.1, 0.15) is 11.5 Å². The lowest BCUT2D eigenvalue weighted by Crippen LogP contribution is -2.37. The molecule has 0 saturated heterocycles. The molecule has 1 fully saturated rings. The van der Waals surface area contributed by atoms with Crippen LogP contribution in [0, 0.1) is 0 Å². The van der Waals surface area contributed by atoms with E-state index in [2.05, 4.69) is 0 Å². The zero-order valence-electron chi connectivity index (χ0n) is 14.4. The van der Waals surface area contributed by atoms with E-state index in [0.29, 0.717) is 11.6 Å². The Morgan fingerprint density at radius 2 is 1.73 bits per heavy atom. The minimum atomic E-state index is -3.70. The van der Waals surface area contributed by atoms with Gasteiger partial charge in [-0.3, -0.25) is 4.79 Å². The van der Waals surface area contributed by atoms with Gasteiger partial charge in [0, 0.05) is 17.6 Å². The Kier molecular flexibility index (Phi) is 5.53. The molecule has 3 rings (SSSR count). The van der Waals surface area contributed by atoms with Crippen molar-refractivity contribution in [1.29, 1.82) is 0 Å². The van der Waals surface area contributed by atoms with Crippen molar-refractivity contribution in [3.05, 3.63) is 59.1 Å². The molecule has 1 amide bonds. The van der Waals surface area contributed by atoms with Crippen molar-refractivity contribution < 1.29 is 17.9 Å². The molecule has 0 aromatic heterocycles. The lowest BCUT2D eigenvalue weighted by Gasteiger charge is -2.22. The standard InChI is InChI=1S/C19H20ClNO4S/c1-25-17-8-2-14(3-9-17)12-21(16-6-7-16)19(22)13-26(23,24)18-10-4-15(20)5-11-18/h2-5,8-11,16H,6-7,12-13H2,1H3. The number of hydrogen-bond acceptors (Lipinski definition) is 4. The molecule has 0 heterocycles. The van der Waals surface area contributed by atoms with E-state index in [9.17, 15) is 13.2 Å². The topological polar surface area (TPSA) is 63.7 Å². The molecule has 0 radical (unpaired) electrons. The maximum absolute atomic E-state index is 12.7. The Labute approximate surface area is 158 Å². The second kappa shape index (κ2) is 7.68. The number of carbonyl (C=O) groups excluding carboxylic acids is 1. The normalized spacial score (nSPS) is 14.1. The minimum absolute atomic E-state index is 0.107. The average Bonchev–Trinajstić information content (AvgIpc) is 3.45. The second-order valence-corrected chi connectivity index (χ2v) is 8.74. The SMILES string of the molecule is COc1ccc(CN(C(=O)CS(=O)(=O)c2ccc(Cl)cc2)C2CC2)cc1. The fourth-order valence-electron chi connectivity index (χ4n) is 2.71. The summed E-state index contributed by atoms with van der Waals surface area (Å²) in [7, 11) is -2.11. The monoisotopic (exact) mass is 393 g/mol. The van der Waals surface area contributed by atoms with Crippen molar-refractivity contribution in [2.75, 3.05) is 12.9 Å². The lowest BCUT2D eigenvalue weighted by atomic mass is 10.2. The molecule has 138 valence electrons. The first kappa shape index (κ1) is 18.7. The smallest absolute Gasteiger partial charge is 0.238 e. The van der Waals surface area contributed by atoms with E-state index in [0.717, 1.165) is 24.2 Å². The molecule has 0 unspecified atom stereocenters. The fourth-order valence-corrected chi connectivity index (χ4v) is 4.04. The molecule has 5 nitrogen and oxygen atoms in total. The highest BCUT2D eigenvalue weighted by Gasteiger charge is 2.34. The molecule has 1 aliphatic rings. The molecule has 0 atom stereocenters. The van der Waals surface area contributed by atoms with E-state index in [1.54, 1.807) is 12.0 Å². The van der Waals surface area contributed by atoms with Crippen LogP contribution in [0.1, 0.15) is 18.4 Å². The Morgan fingerprint density at radius 1 is 1.12 bits per heavy atom. The Bertz CT molecular complexity index is 875. The van der Waals surface area contributed by atoms with Gasteiger partial charge in [-0.2, -0.15) is 0 Å². The average molecular weight is 394 g/mol. The number of nitrogens with zero attached hydrogens (tertiary/aromatic N) is 1. The third kappa shape index (κ3) is 4.56. The van der Waals surface area contributed by atoms with Crippen LogP contribution in [-0.2, 0) is 21.2 Å². The van der Waals surface area contributed by atoms with Crippen molar-refractivity contribution >= 4 is 27.3 Å². The van der Waals surface area contributed by atoms with E-state index < -0.39 is 15.6 Å². The van der Waals surface area contributed by atoms with Gasteiger partial charge in [0.15, 0.2) is 9.84 Å². The zero-order valence-corrected chi connectivity index (χ0v) is 16.0. The summed E-state index contributed by atoms with van der Waals surface area (Å²) in [5, 5.41) is 0.453. The number of methoxy groups -OCH3 is 1. The van der Waals surface area contributed by atoms with E-state index >= 15 is 0 Å². The van der Waals surface area contributed by atoms with Crippen LogP contribution in [0.3, 0.4) is 0 Å². The van der Waals surface area contributed by atoms with Crippen LogP contribution < -0.4 is 4.74 Å². The number of benzene rings is 2. The van der Waals surface area contributed by atoms with Crippen molar-refractivity contribution in [3.8, 4) is 5.75 Å². The van der Waals surface area contributed by atoms with Crippen LogP contribution in [0.2, 0.25) is 5.02 Å². The summed E-state index contributed by atoms with van der Waals surface area (Å²) in [5.74, 6) is -0.178. The maximum atomic E-state index is 12.7. The molecule has 26 heavy (non-hydrogen) atoms. The van der Waals surface area contributed by atoms with Gasteiger partial charge in [0.05, 0.1) is 12.0 Å². The highest BCUT2D eigenvalue weighted by Crippen LogP contribution is 2.29. The Hall–Kier alpha value is -2.05. The summed E-state index contributed by atoms with van der Waals surface area (Å²) in [6.07, 6.45) is 1.81. The zero-order chi connectivity index (χ0) is 18.7. The van der Waals surface area contributed by atoms with Gasteiger partial charge in [-0.05, 0) is 54.8 Å². The minimum Gasteiger partial charge on any atom is -0.497 e. The third-order valence-corrected chi connectivity index (χ3v) is 6.18. The van der Waals surface area contributed by atoms with Crippen LogP contribution in [0.4, 0.5) is 0 Å². The predicted octanol–water partition coefficient (Wildman–Crippen LogP) is 3.31. The van der Waals surface area contributed by atoms with Gasteiger partial charge in [-0.1, -0.05) is 23.7 Å². The maximum Gasteiger partial charge on any atom is 0.238 e. The van der Waals surface area contributed by atoms with Gasteiger partial charge in [0.2, 0.25) is 5.91 Å². The largest absolute Gasteiger partial charge is 0.497 e. The number of ether oxygens (including phenoxy) is 1. The number of sulfone groups is 1. The summed E-state index contributed by atoms with van der Waals surface area (Å²) >= 11 is 5.80. The summed E-state index contributed by atoms with van der Waals surface area (Å²) in [5.41, 5.74) is 0.940. The van der Waals surface area contributed by atoms with E-state index in [1.807, 2.05) is 24.3 Å². The molecule has 2 aromatic carbocycles. The number of hydrogen-bond donors (Lipinski definition) is 0. The second-order valence-electron chi connectivity index (χ2n) is 6.31. The first-order valence-corrected chi connectivity index (χ1v) is 10.3. The molecule has 2 aromatic rings. The molecule has 1 saturated carbocycles. The number of rotatable bonds is 7. The van der Waals surface area contributed by atoms with Gasteiger partial charge in [0.25, 0.3) is 0 Å². The van der Waals surface area contributed by atoms with Crippen LogP contribution >= 0.6 is 11.6 Å². The quantitative estimate of drug-likeness (QED) is 0.723. The number of halogens is 1. The van der Waals surface area contributed by atoms with Crippen LogP contribution in [-0.4, -0.2) is 38.1 Å². The molecule has 1 aliphatic carbocycles. The number of carbonyl (C=O) groups is 1. The first-order valence-electron chi connectivity index (χ1n) is 8.30. The van der Waals surface area contributed by atoms with Gasteiger partial charge < -0.3 is 9.64 Å². The lowest BCUT2D eigenvalue weighted by molar-refractivity contribution is -0.129. The summed E-state index contributed by atoms with van der Waals surface area (Å²) in [6, 6.07) is 13.4. The van der Waals surface area contributed by atoms with E-state index in [-0.39, 0.29) is 16.8 Å². The Balaban J connectivity index is 1.73. The van der Waals surface area contributed by atoms with Crippen molar-refractivity contribution in [1.82, 2.24) is 4.90 Å². The van der Waals surface area contributed by atoms with E-state index in [4.69, 9.17) is 16.3 Å². The Morgan fingerprint density at radius 3 is 2.27 bits per heavy atom. The van der Waals surface area contributed by atoms with Crippen LogP contribution in [0.5, 0.6) is 5.75 Å². The molecule has 0 bridgehead atoms. The van der Waals surface area contributed by atoms with Crippen molar-refractivity contribution in [3.63, 3.8) is 0 Å². The molecule has 7 heteroatoms. The van der Waals surface area contributed by atoms with Gasteiger partial charge >= 0.3 is 0 Å². The fraction of sp³-hybridized carbons (Fsp3) is 0.316. The molecule has 0 spiro atoms. The third-order valence-electron chi connectivity index (χ3n) is 4.31. The van der Waals surface area contributed by atoms with Gasteiger partial charge in [-0.25, -0.2) is 8.42 Å². The summed E-state index contributed by atoms with van der Waals surface area (Å²) in [6.45, 7) is 0.392. The van der Waals surface area contributed by atoms with Gasteiger partial charge in [-0.15, -0.1) is 0 Å². The highest BCUT2D eigenvalue weighted by molar-refractivity contribution is 7.92. The van der Waals surface area contributed by atoms with Crippen molar-refractivity contribution in [2.24, 2.45) is 0 Å². The summed E-state index contributed by atoms with van der Waals surface area (Å²) < 4.78 is 30.2. The van der Waals surface area contributed by atoms with Crippen LogP contribution in [0.25, 0.3) is 0 Å². The molecular formula is C19H20ClNO4S. The highest BCUT2D eigenvalue weighted by atomic mass is 35.5. The molecule has 0 N–H and O–H groups in total. The molecule has 0 aliphatic heterocycles. The number of amides is 1. The van der Waals surface area contributed by atoms with Crippen LogP contribution in [0.15, 0.2) is 53.4 Å². The van der Waals surface area contributed by atoms with Crippen molar-refractivity contribution in [2.45, 2.75) is 30.3 Å². The van der Waals surface area contributed by atoms with E-state index in [1.165, 1.54) is 24.3 Å². The predicted molar refractivity (Wildman–Crippen MR) is 100 cm³/mol.